The molecule has 3 rings (SSSR count). The highest BCUT2D eigenvalue weighted by Gasteiger charge is 2.18. The van der Waals surface area contributed by atoms with Gasteiger partial charge in [-0.1, -0.05) is 48.0 Å². The largest absolute Gasteiger partial charge is 0.396 e. The summed E-state index contributed by atoms with van der Waals surface area (Å²) in [5, 5.41) is 17.3. The second-order valence-corrected chi connectivity index (χ2v) is 8.30. The third-order valence-electron chi connectivity index (χ3n) is 5.68. The van der Waals surface area contributed by atoms with Crippen LogP contribution in [0.1, 0.15) is 24.0 Å². The Morgan fingerprint density at radius 1 is 1.06 bits per heavy atom. The van der Waals surface area contributed by atoms with Gasteiger partial charge in [0, 0.05) is 61.5 Å². The normalized spacial score (nSPS) is 15.8. The standard InChI is InChI=1S/C24H34ClN5O.HI/c1-3-26-24(27-16-20(18-31)19-8-5-4-6-9-19)28-17-21-22(25)10-7-11-23(21)30-14-12-29(2)13-15-30;/h4-11,20,31H,3,12-18H2,1-2H3,(H2,26,27,28);1H. The first-order valence-corrected chi connectivity index (χ1v) is 11.4. The van der Waals surface area contributed by atoms with Gasteiger partial charge in [0.05, 0.1) is 13.2 Å². The third-order valence-corrected chi connectivity index (χ3v) is 6.04. The number of aliphatic imine (C=N–C) groups is 1. The maximum Gasteiger partial charge on any atom is 0.191 e. The quantitative estimate of drug-likeness (QED) is 0.257. The van der Waals surface area contributed by atoms with E-state index in [9.17, 15) is 5.11 Å². The molecule has 0 bridgehead atoms. The van der Waals surface area contributed by atoms with Crippen molar-refractivity contribution in [1.29, 1.82) is 0 Å². The van der Waals surface area contributed by atoms with Gasteiger partial charge in [0.25, 0.3) is 0 Å². The molecule has 0 radical (unpaired) electrons. The minimum Gasteiger partial charge on any atom is -0.396 e. The topological polar surface area (TPSA) is 63.1 Å². The van der Waals surface area contributed by atoms with Gasteiger partial charge in [-0.05, 0) is 31.7 Å². The first-order valence-electron chi connectivity index (χ1n) is 11.0. The van der Waals surface area contributed by atoms with Crippen LogP contribution in [0.3, 0.4) is 0 Å². The van der Waals surface area contributed by atoms with Gasteiger partial charge in [0.15, 0.2) is 5.96 Å². The Bertz CT molecular complexity index is 844. The minimum atomic E-state index is 0. The lowest BCUT2D eigenvalue weighted by Gasteiger charge is -2.35. The molecule has 2 aromatic rings. The monoisotopic (exact) mass is 571 g/mol. The zero-order chi connectivity index (χ0) is 22.1. The molecule has 8 heteroatoms. The Kier molecular flexibility index (Phi) is 11.6. The number of likely N-dealkylation sites (N-methyl/N-ethyl adjacent to an activating group) is 1. The highest BCUT2D eigenvalue weighted by molar-refractivity contribution is 14.0. The fourth-order valence-corrected chi connectivity index (χ4v) is 4.01. The lowest BCUT2D eigenvalue weighted by Crippen LogP contribution is -2.44. The van der Waals surface area contributed by atoms with E-state index in [0.717, 1.165) is 60.5 Å². The Morgan fingerprint density at radius 2 is 1.78 bits per heavy atom. The number of aliphatic hydroxyl groups is 1. The molecule has 6 nitrogen and oxygen atoms in total. The van der Waals surface area contributed by atoms with Crippen LogP contribution in [0.4, 0.5) is 5.69 Å². The lowest BCUT2D eigenvalue weighted by atomic mass is 10.0. The third kappa shape index (κ3) is 7.50. The fourth-order valence-electron chi connectivity index (χ4n) is 3.78. The maximum atomic E-state index is 9.84. The van der Waals surface area contributed by atoms with E-state index in [0.29, 0.717) is 13.1 Å². The molecule has 1 atom stereocenters. The molecule has 0 spiro atoms. The number of hydrogen-bond acceptors (Lipinski definition) is 4. The summed E-state index contributed by atoms with van der Waals surface area (Å²) < 4.78 is 0. The van der Waals surface area contributed by atoms with Gasteiger partial charge >= 0.3 is 0 Å². The Morgan fingerprint density at radius 3 is 2.44 bits per heavy atom. The van der Waals surface area contributed by atoms with Gasteiger partial charge in [0.1, 0.15) is 0 Å². The smallest absolute Gasteiger partial charge is 0.191 e. The zero-order valence-corrected chi connectivity index (χ0v) is 22.0. The molecule has 1 heterocycles. The van der Waals surface area contributed by atoms with Crippen LogP contribution < -0.4 is 15.5 Å². The first kappa shape index (κ1) is 26.7. The van der Waals surface area contributed by atoms with E-state index in [1.54, 1.807) is 0 Å². The van der Waals surface area contributed by atoms with Crippen LogP contribution in [0.2, 0.25) is 5.02 Å². The van der Waals surface area contributed by atoms with Crippen LogP contribution >= 0.6 is 35.6 Å². The van der Waals surface area contributed by atoms with Gasteiger partial charge < -0.3 is 25.5 Å². The van der Waals surface area contributed by atoms with E-state index in [4.69, 9.17) is 16.6 Å². The SMILES string of the molecule is CCNC(=NCc1c(Cl)cccc1N1CCN(C)CC1)NCC(CO)c1ccccc1.I. The summed E-state index contributed by atoms with van der Waals surface area (Å²) in [4.78, 5) is 9.55. The number of guanidine groups is 1. The molecule has 0 amide bonds. The van der Waals surface area contributed by atoms with Crippen LogP contribution in [0, 0.1) is 0 Å². The zero-order valence-electron chi connectivity index (χ0n) is 18.9. The van der Waals surface area contributed by atoms with Crippen molar-refractivity contribution < 1.29 is 5.11 Å². The molecule has 1 fully saturated rings. The second kappa shape index (κ2) is 13.9. The number of rotatable bonds is 8. The highest BCUT2D eigenvalue weighted by atomic mass is 127. The summed E-state index contributed by atoms with van der Waals surface area (Å²) in [5.74, 6) is 0.729. The maximum absolute atomic E-state index is 9.84. The molecule has 176 valence electrons. The van der Waals surface area contributed by atoms with E-state index in [1.807, 2.05) is 49.4 Å². The van der Waals surface area contributed by atoms with Crippen LogP contribution in [0.25, 0.3) is 0 Å². The van der Waals surface area contributed by atoms with Gasteiger partial charge in [0.2, 0.25) is 0 Å². The summed E-state index contributed by atoms with van der Waals surface area (Å²) in [6.07, 6.45) is 0. The van der Waals surface area contributed by atoms with Gasteiger partial charge in [-0.2, -0.15) is 0 Å². The lowest BCUT2D eigenvalue weighted by molar-refractivity contribution is 0.265. The minimum absolute atomic E-state index is 0. The van der Waals surface area contributed by atoms with E-state index in [1.165, 1.54) is 0 Å². The van der Waals surface area contributed by atoms with Crippen LogP contribution in [-0.4, -0.2) is 68.9 Å². The number of aliphatic hydroxyl groups excluding tert-OH is 1. The summed E-state index contributed by atoms with van der Waals surface area (Å²) in [5.41, 5.74) is 3.32. The Balaban J connectivity index is 0.00000363. The van der Waals surface area contributed by atoms with Crippen LogP contribution in [0.5, 0.6) is 0 Å². The summed E-state index contributed by atoms with van der Waals surface area (Å²) in [6, 6.07) is 16.1. The molecule has 0 aliphatic carbocycles. The van der Waals surface area contributed by atoms with Crippen LogP contribution in [0.15, 0.2) is 53.5 Å². The van der Waals surface area contributed by atoms with Gasteiger partial charge in [-0.3, -0.25) is 0 Å². The molecule has 1 aliphatic heterocycles. The number of nitrogens with one attached hydrogen (secondary N) is 2. The fraction of sp³-hybridized carbons (Fsp3) is 0.458. The Hall–Kier alpha value is -1.55. The molecular weight excluding hydrogens is 537 g/mol. The molecule has 0 aromatic heterocycles. The number of halogens is 2. The number of piperazine rings is 1. The van der Waals surface area contributed by atoms with Gasteiger partial charge in [-0.25, -0.2) is 4.99 Å². The molecular formula is C24H35ClIN5O. The van der Waals surface area contributed by atoms with Crippen molar-refractivity contribution in [2.75, 3.05) is 57.8 Å². The number of nitrogens with zero attached hydrogens (tertiary/aromatic N) is 3. The average molecular weight is 572 g/mol. The predicted octanol–water partition coefficient (Wildman–Crippen LogP) is 3.54. The Labute approximate surface area is 214 Å². The molecule has 1 saturated heterocycles. The van der Waals surface area contributed by atoms with Crippen molar-refractivity contribution in [3.8, 4) is 0 Å². The average Bonchev–Trinajstić information content (AvgIpc) is 2.79. The molecule has 1 aliphatic rings. The van der Waals surface area contributed by atoms with E-state index >= 15 is 0 Å². The number of anilines is 1. The van der Waals surface area contributed by atoms with Crippen molar-refractivity contribution in [3.05, 3.63) is 64.7 Å². The highest BCUT2D eigenvalue weighted by Crippen LogP contribution is 2.29. The number of benzene rings is 2. The first-order chi connectivity index (χ1) is 15.1. The van der Waals surface area contributed by atoms with Crippen molar-refractivity contribution in [2.45, 2.75) is 19.4 Å². The summed E-state index contributed by atoms with van der Waals surface area (Å²) in [6.45, 7) is 8.03. The van der Waals surface area contributed by atoms with E-state index in [2.05, 4.69) is 33.5 Å². The molecule has 3 N–H and O–H groups in total. The number of hydrogen-bond donors (Lipinski definition) is 3. The summed E-state index contributed by atoms with van der Waals surface area (Å²) in [7, 11) is 2.16. The molecule has 32 heavy (non-hydrogen) atoms. The molecule has 0 saturated carbocycles. The van der Waals surface area contributed by atoms with Crippen molar-refractivity contribution >= 4 is 47.2 Å². The van der Waals surface area contributed by atoms with Crippen molar-refractivity contribution in [3.63, 3.8) is 0 Å². The van der Waals surface area contributed by atoms with E-state index < -0.39 is 0 Å². The molecule has 1 unspecified atom stereocenters. The van der Waals surface area contributed by atoms with E-state index in [-0.39, 0.29) is 36.5 Å². The van der Waals surface area contributed by atoms with Crippen LogP contribution in [-0.2, 0) is 6.54 Å². The molecule has 2 aromatic carbocycles. The second-order valence-electron chi connectivity index (χ2n) is 7.89. The predicted molar refractivity (Wildman–Crippen MR) is 146 cm³/mol. The van der Waals surface area contributed by atoms with Gasteiger partial charge in [-0.15, -0.1) is 24.0 Å². The summed E-state index contributed by atoms with van der Waals surface area (Å²) >= 11 is 6.59. The van der Waals surface area contributed by atoms with Crippen molar-refractivity contribution in [2.24, 2.45) is 4.99 Å². The van der Waals surface area contributed by atoms with Crippen molar-refractivity contribution in [1.82, 2.24) is 15.5 Å².